The first-order valence-corrected chi connectivity index (χ1v) is 23.5. The number of rotatable bonds is 17. The lowest BCUT2D eigenvalue weighted by Crippen LogP contribution is -2.56. The van der Waals surface area contributed by atoms with E-state index >= 15 is 0 Å². The van der Waals surface area contributed by atoms with Gasteiger partial charge in [-0.15, -0.1) is 0 Å². The summed E-state index contributed by atoms with van der Waals surface area (Å²) in [6, 6.07) is 16.7. The van der Waals surface area contributed by atoms with Gasteiger partial charge in [0.25, 0.3) is 5.91 Å². The number of benzene rings is 3. The molecule has 69 heavy (non-hydrogen) atoms. The molecule has 1 aliphatic carbocycles. The normalized spacial score (nSPS) is 17.7. The van der Waals surface area contributed by atoms with Crippen molar-refractivity contribution in [3.63, 3.8) is 0 Å². The minimum Gasteiger partial charge on any atom is -0.492 e. The molecule has 4 atom stereocenters. The topological polar surface area (TPSA) is 279 Å². The summed E-state index contributed by atoms with van der Waals surface area (Å²) < 4.78 is 18.4. The number of amides is 5. The number of hydrogen-bond acceptors (Lipinski definition) is 13. The van der Waals surface area contributed by atoms with Crippen molar-refractivity contribution in [3.8, 4) is 45.7 Å². The van der Waals surface area contributed by atoms with Crippen molar-refractivity contribution in [2.24, 2.45) is 17.2 Å². The largest absolute Gasteiger partial charge is 0.492 e. The summed E-state index contributed by atoms with van der Waals surface area (Å²) in [6.45, 7) is 5.37. The smallest absolute Gasteiger partial charge is 0.254 e. The molecule has 3 aromatic carbocycles. The molecule has 5 amide bonds. The molecule has 2 aliphatic rings. The Bertz CT molecular complexity index is 2500. The van der Waals surface area contributed by atoms with Crippen LogP contribution in [0.5, 0.6) is 17.2 Å². The molecule has 2 heterocycles. The number of carbonyl (C=O) groups excluding carboxylic acids is 5. The van der Waals surface area contributed by atoms with Crippen LogP contribution in [0.3, 0.4) is 0 Å². The highest BCUT2D eigenvalue weighted by Crippen LogP contribution is 2.40. The molecule has 10 N–H and O–H groups in total. The van der Waals surface area contributed by atoms with Crippen LogP contribution in [0.1, 0.15) is 84.2 Å². The van der Waals surface area contributed by atoms with Gasteiger partial charge in [0.1, 0.15) is 61.2 Å². The Morgan fingerprint density at radius 1 is 0.870 bits per heavy atom. The quantitative estimate of drug-likeness (QED) is 0.0750. The lowest BCUT2D eigenvalue weighted by Gasteiger charge is -2.32. The molecule has 4 aromatic rings. The SMILES string of the molecule is Cc1cc(-c2ccc(OC3CCCCC3)cc2)nc(C)c1C(=O)NC(CCN)C(=O)N(C)[C@@H]1C(=O)N[C@@H](C)C(=O)N[C@H](C(=O)NCC#N)Cc2ccc(OCCN)c(c2)-c2cc1ccc2OCCN. The first-order chi connectivity index (χ1) is 33.3. The van der Waals surface area contributed by atoms with E-state index in [1.54, 1.807) is 50.2 Å². The third kappa shape index (κ3) is 12.9. The van der Waals surface area contributed by atoms with Gasteiger partial charge in [-0.05, 0) is 131 Å². The number of likely N-dealkylation sites (N-methyl/N-ethyl adjacent to an activating group) is 1. The van der Waals surface area contributed by atoms with Crippen LogP contribution in [0.4, 0.5) is 0 Å². The van der Waals surface area contributed by atoms with Crippen LogP contribution in [0.15, 0.2) is 66.7 Å². The predicted molar refractivity (Wildman–Crippen MR) is 260 cm³/mol. The fourth-order valence-electron chi connectivity index (χ4n) is 8.76. The lowest BCUT2D eigenvalue weighted by molar-refractivity contribution is -0.141. The monoisotopic (exact) mass is 944 g/mol. The Morgan fingerprint density at radius 2 is 1.54 bits per heavy atom. The minimum absolute atomic E-state index is 0.00380. The molecule has 18 heteroatoms. The molecular formula is C51H64N10O8. The zero-order chi connectivity index (χ0) is 49.6. The molecule has 1 saturated carbocycles. The second-order valence-corrected chi connectivity index (χ2v) is 17.4. The molecule has 4 bridgehead atoms. The first kappa shape index (κ1) is 51.3. The van der Waals surface area contributed by atoms with Crippen molar-refractivity contribution >= 4 is 29.5 Å². The molecule has 0 radical (unpaired) electrons. The van der Waals surface area contributed by atoms with E-state index in [2.05, 4.69) is 21.3 Å². The fraction of sp³-hybridized carbons (Fsp3) is 0.431. The Kier molecular flexibility index (Phi) is 18.1. The molecule has 1 aromatic heterocycles. The van der Waals surface area contributed by atoms with E-state index in [9.17, 15) is 29.2 Å². The summed E-state index contributed by atoms with van der Waals surface area (Å²) in [5, 5.41) is 20.0. The first-order valence-electron chi connectivity index (χ1n) is 23.5. The number of hydrogen-bond donors (Lipinski definition) is 7. The van der Waals surface area contributed by atoms with Gasteiger partial charge in [0.2, 0.25) is 23.6 Å². The maximum absolute atomic E-state index is 14.8. The van der Waals surface area contributed by atoms with Crippen molar-refractivity contribution in [1.29, 1.82) is 5.26 Å². The zero-order valence-corrected chi connectivity index (χ0v) is 39.8. The van der Waals surface area contributed by atoms with Gasteiger partial charge in [-0.25, -0.2) is 0 Å². The van der Waals surface area contributed by atoms with E-state index in [1.165, 1.54) is 38.1 Å². The van der Waals surface area contributed by atoms with Gasteiger partial charge in [0.05, 0.1) is 29.1 Å². The average Bonchev–Trinajstić information content (AvgIpc) is 3.34. The van der Waals surface area contributed by atoms with Crippen molar-refractivity contribution < 1.29 is 38.2 Å². The standard InChI is InChI=1S/C51H64N10O8/c1-30-26-41(34-11-14-37(15-12-34)69-36-8-6-5-7-9-36)57-31(2)45(30)49(64)59-40(18-19-52)51(66)61(4)46-35-13-17-44(68-25-22-55)39(29-35)38-27-33(10-16-43(38)67-24-21-54)28-42(48(63)56-23-20-53)60-47(62)32(3)58-50(46)65/h10-17,26-27,29,32,36,40,42,46H,5-9,18-19,21-25,28,52,54-55H2,1-4H3,(H,56,63)(H,58,65)(H,59,64)(H,60,62)/t32-,40?,42-,46-/m0/s1. The minimum atomic E-state index is -1.40. The van der Waals surface area contributed by atoms with Crippen LogP contribution < -0.4 is 52.7 Å². The highest BCUT2D eigenvalue weighted by molar-refractivity contribution is 6.01. The van der Waals surface area contributed by atoms with E-state index in [1.807, 2.05) is 36.4 Å². The van der Waals surface area contributed by atoms with Gasteiger partial charge >= 0.3 is 0 Å². The highest BCUT2D eigenvalue weighted by atomic mass is 16.5. The Hall–Kier alpha value is -7.07. The number of pyridine rings is 1. The van der Waals surface area contributed by atoms with Gasteiger partial charge in [-0.1, -0.05) is 18.6 Å². The molecule has 0 saturated heterocycles. The second-order valence-electron chi connectivity index (χ2n) is 17.4. The van der Waals surface area contributed by atoms with E-state index < -0.39 is 53.7 Å². The molecule has 1 fully saturated rings. The number of aryl methyl sites for hydroxylation is 2. The number of nitriles is 1. The van der Waals surface area contributed by atoms with Gasteiger partial charge < -0.3 is 57.6 Å². The third-order valence-electron chi connectivity index (χ3n) is 12.2. The van der Waals surface area contributed by atoms with E-state index in [0.717, 1.165) is 24.2 Å². The number of nitrogens with two attached hydrogens (primary N) is 3. The van der Waals surface area contributed by atoms with Crippen LogP contribution in [0.2, 0.25) is 0 Å². The summed E-state index contributed by atoms with van der Waals surface area (Å²) in [6.07, 6.45) is 5.92. The Balaban J connectivity index is 1.34. The molecule has 6 rings (SSSR count). The molecule has 18 nitrogen and oxygen atoms in total. The molecule has 366 valence electrons. The maximum atomic E-state index is 14.8. The summed E-state index contributed by atoms with van der Waals surface area (Å²) >= 11 is 0. The number of nitrogens with one attached hydrogen (secondary N) is 4. The third-order valence-corrected chi connectivity index (χ3v) is 12.2. The van der Waals surface area contributed by atoms with E-state index in [0.29, 0.717) is 50.7 Å². The number of nitrogens with zero attached hydrogens (tertiary/aromatic N) is 3. The van der Waals surface area contributed by atoms with Crippen LogP contribution in [0, 0.1) is 25.2 Å². The predicted octanol–water partition coefficient (Wildman–Crippen LogP) is 3.25. The van der Waals surface area contributed by atoms with Gasteiger partial charge in [-0.2, -0.15) is 5.26 Å². The lowest BCUT2D eigenvalue weighted by atomic mass is 9.93. The fourth-order valence-corrected chi connectivity index (χ4v) is 8.76. The second kappa shape index (κ2) is 24.3. The van der Waals surface area contributed by atoms with Crippen LogP contribution in [-0.2, 0) is 25.6 Å². The summed E-state index contributed by atoms with van der Waals surface area (Å²) in [7, 11) is 1.43. The summed E-state index contributed by atoms with van der Waals surface area (Å²) in [5.74, 6) is -1.68. The van der Waals surface area contributed by atoms with Gasteiger partial charge in [-0.3, -0.25) is 29.0 Å². The van der Waals surface area contributed by atoms with E-state index in [-0.39, 0.29) is 63.9 Å². The molecule has 0 spiro atoms. The van der Waals surface area contributed by atoms with Crippen LogP contribution in [-0.4, -0.2) is 110 Å². The Labute approximate surface area is 403 Å². The van der Waals surface area contributed by atoms with Crippen molar-refractivity contribution in [2.45, 2.75) is 96.0 Å². The molecule has 1 unspecified atom stereocenters. The number of aromatic nitrogens is 1. The average molecular weight is 945 g/mol. The van der Waals surface area contributed by atoms with Crippen LogP contribution in [0.25, 0.3) is 22.4 Å². The van der Waals surface area contributed by atoms with Crippen LogP contribution >= 0.6 is 0 Å². The number of ether oxygens (including phenoxy) is 3. The number of carbonyl (C=O) groups is 5. The maximum Gasteiger partial charge on any atom is 0.254 e. The van der Waals surface area contributed by atoms with Crippen molar-refractivity contribution in [3.05, 3.63) is 94.7 Å². The zero-order valence-electron chi connectivity index (χ0n) is 39.8. The molecule has 1 aliphatic heterocycles. The van der Waals surface area contributed by atoms with Crippen molar-refractivity contribution in [1.82, 2.24) is 31.2 Å². The van der Waals surface area contributed by atoms with Crippen molar-refractivity contribution in [2.75, 3.05) is 46.4 Å². The highest BCUT2D eigenvalue weighted by Gasteiger charge is 2.36. The molecular weight excluding hydrogens is 881 g/mol. The van der Waals surface area contributed by atoms with Gasteiger partial charge in [0, 0.05) is 43.2 Å². The Morgan fingerprint density at radius 3 is 2.17 bits per heavy atom. The van der Waals surface area contributed by atoms with E-state index in [4.69, 9.17) is 36.4 Å². The van der Waals surface area contributed by atoms with Gasteiger partial charge in [0.15, 0.2) is 0 Å². The summed E-state index contributed by atoms with van der Waals surface area (Å²) in [5.41, 5.74) is 22.5. The summed E-state index contributed by atoms with van der Waals surface area (Å²) in [4.78, 5) is 76.8. The number of fused-ring (bicyclic) bond motifs is 5.